The minimum Gasteiger partial charge on any atom is -0.497 e. The molecule has 2 heterocycles. The molecule has 0 saturated carbocycles. The van der Waals surface area contributed by atoms with Crippen molar-refractivity contribution < 1.29 is 134 Å². The van der Waals surface area contributed by atoms with Gasteiger partial charge in [0, 0.05) is 108 Å². The Morgan fingerprint density at radius 2 is 0.833 bits per heavy atom. The second kappa shape index (κ2) is 52.1. The van der Waals surface area contributed by atoms with Gasteiger partial charge < -0.3 is 108 Å². The molecule has 0 spiro atoms. The van der Waals surface area contributed by atoms with Crippen LogP contribution in [0.15, 0.2) is 78.9 Å². The van der Waals surface area contributed by atoms with Gasteiger partial charge in [-0.15, -0.1) is 0 Å². The van der Waals surface area contributed by atoms with E-state index in [1.807, 2.05) is 78.9 Å². The van der Waals surface area contributed by atoms with Gasteiger partial charge in [-0.2, -0.15) is 0 Å². The van der Waals surface area contributed by atoms with Crippen LogP contribution in [0.25, 0.3) is 0 Å². The Balaban J connectivity index is 1.07. The molecule has 34 heteroatoms. The molecule has 2 aliphatic heterocycles. The van der Waals surface area contributed by atoms with Crippen LogP contribution in [0, 0.1) is 0 Å². The van der Waals surface area contributed by atoms with Crippen LogP contribution in [0.4, 0.5) is 0 Å². The number of hydrogen-bond acceptors (Lipinski definition) is 28. The van der Waals surface area contributed by atoms with Crippen molar-refractivity contribution in [2.45, 2.75) is 237 Å². The maximum absolute atomic E-state index is 13.4. The first-order chi connectivity index (χ1) is 54.6. The summed E-state index contributed by atoms with van der Waals surface area (Å²) in [5, 5.41) is 28.0. The normalized spacial score (nSPS) is 19.7. The highest BCUT2D eigenvalue weighted by molar-refractivity contribution is 5.78. The quantitative estimate of drug-likeness (QED) is 0.0131. The second-order valence-electron chi connectivity index (χ2n) is 27.4. The number of hydrogen-bond donors (Lipinski definition) is 7. The summed E-state index contributed by atoms with van der Waals surface area (Å²) >= 11 is 0. The molecule has 12 unspecified atom stereocenters. The van der Waals surface area contributed by atoms with Crippen LogP contribution in [0.1, 0.15) is 175 Å². The van der Waals surface area contributed by atoms with Crippen molar-refractivity contribution in [2.75, 3.05) is 86.7 Å². The van der Waals surface area contributed by atoms with E-state index in [2.05, 4.69) is 31.9 Å². The summed E-state index contributed by atoms with van der Waals surface area (Å²) < 4.78 is 85.9. The molecule has 0 radical (unpaired) electrons. The van der Waals surface area contributed by atoms with Crippen LogP contribution in [0.5, 0.6) is 11.5 Å². The average molecular weight is 1610 g/mol. The SMILES string of the molecule is COc1ccc(C(OCC(O)CNC(=O)CCCCCCC(=O)NC(COCCC(=O)NCCCCCCOC2OC(COC(C)=O)C(OC(C)=O)C(OC(C)=O)C2NC(C)=O)OCCC(=O)NCCCCCCOC2OC(COC(C)=O)C(OC(C)=O)C(OC(C)=O)C2NC(C)=O)(c2ccccc2)c2ccc(OC)cc2)cc1. The Morgan fingerprint density at radius 3 is 1.26 bits per heavy atom. The third-order valence-electron chi connectivity index (χ3n) is 18.0. The molecule has 6 amide bonds. The fourth-order valence-electron chi connectivity index (χ4n) is 12.7. The molecule has 0 bridgehead atoms. The molecule has 634 valence electrons. The largest absolute Gasteiger partial charge is 0.497 e. The molecule has 5 rings (SSSR count). The number of amides is 6. The van der Waals surface area contributed by atoms with Crippen molar-refractivity contribution in [1.82, 2.24) is 31.9 Å². The standard InChI is InChI=1S/C80H116N6O28/c1-51(87)84-72-76(111-57(7)93)74(109-55(5)91)65(48-106-53(3)89)113-78(72)104-42-24-15-13-22-40-81-68(97)38-44-102-50-71(103-45-39-69(98)82-41-23-14-16-25-43-105-79-73(85-52(2)88)77(112-58(8)94)75(110-56(6)92)66(114-79)49-107-54(4)90)86-70(99)29-21-12-11-20-28-67(96)83-46-62(95)47-108-80(59-26-18-17-19-27-59,60-30-34-63(100-9)35-31-60)61-32-36-64(101-10)37-33-61/h17-19,26-27,30-37,62,65-66,71-79,95H,11-16,20-25,28-29,38-50H2,1-10H3,(H,81,97)(H,82,98)(H,83,96)(H,84,87)(H,85,88)(H,86,99). The number of carbonyl (C=O) groups is 12. The molecule has 3 aromatic carbocycles. The predicted octanol–water partition coefficient (Wildman–Crippen LogP) is 4.78. The summed E-state index contributed by atoms with van der Waals surface area (Å²) in [6.07, 6.45) is -4.35. The third-order valence-corrected chi connectivity index (χ3v) is 18.0. The van der Waals surface area contributed by atoms with E-state index in [1.54, 1.807) is 14.2 Å². The number of aliphatic hydroxyl groups excluding tert-OH is 1. The number of carbonyl (C=O) groups excluding carboxylic acids is 12. The van der Waals surface area contributed by atoms with Crippen LogP contribution in [-0.2, 0) is 125 Å². The molecule has 0 aromatic heterocycles. The second-order valence-corrected chi connectivity index (χ2v) is 27.4. The van der Waals surface area contributed by atoms with Crippen molar-refractivity contribution in [3.05, 3.63) is 95.6 Å². The first-order valence-corrected chi connectivity index (χ1v) is 38.6. The fourth-order valence-corrected chi connectivity index (χ4v) is 12.7. The zero-order valence-corrected chi connectivity index (χ0v) is 67.0. The number of methoxy groups -OCH3 is 2. The summed E-state index contributed by atoms with van der Waals surface area (Å²) in [6, 6.07) is 22.4. The monoisotopic (exact) mass is 1610 g/mol. The Morgan fingerprint density at radius 1 is 0.430 bits per heavy atom. The van der Waals surface area contributed by atoms with Gasteiger partial charge >= 0.3 is 35.8 Å². The Labute approximate surface area is 665 Å². The number of unbranched alkanes of at least 4 members (excludes halogenated alkanes) is 9. The van der Waals surface area contributed by atoms with E-state index in [-0.39, 0.29) is 109 Å². The van der Waals surface area contributed by atoms with E-state index in [0.29, 0.717) is 102 Å². The van der Waals surface area contributed by atoms with Gasteiger partial charge in [-0.3, -0.25) is 57.5 Å². The Bertz CT molecular complexity index is 3430. The third kappa shape index (κ3) is 35.1. The minimum atomic E-state index is -1.26. The lowest BCUT2D eigenvalue weighted by Gasteiger charge is -2.44. The maximum atomic E-state index is 13.4. The minimum absolute atomic E-state index is 0.0179. The van der Waals surface area contributed by atoms with E-state index >= 15 is 0 Å². The van der Waals surface area contributed by atoms with Crippen LogP contribution in [0.2, 0.25) is 0 Å². The van der Waals surface area contributed by atoms with Crippen molar-refractivity contribution >= 4 is 71.3 Å². The molecule has 2 fully saturated rings. The Kier molecular flexibility index (Phi) is 43.5. The van der Waals surface area contributed by atoms with Crippen LogP contribution >= 0.6 is 0 Å². The summed E-state index contributed by atoms with van der Waals surface area (Å²) in [7, 11) is 3.17. The molecular formula is C80H116N6O28. The van der Waals surface area contributed by atoms with Gasteiger partial charge in [-0.25, -0.2) is 0 Å². The lowest BCUT2D eigenvalue weighted by molar-refractivity contribution is -0.277. The zero-order valence-electron chi connectivity index (χ0n) is 67.0. The number of benzene rings is 3. The van der Waals surface area contributed by atoms with Gasteiger partial charge in [-0.1, -0.05) is 93.1 Å². The van der Waals surface area contributed by atoms with Crippen molar-refractivity contribution in [3.8, 4) is 11.5 Å². The number of aliphatic hydroxyl groups is 1. The van der Waals surface area contributed by atoms with Crippen LogP contribution in [-0.4, -0.2) is 237 Å². The molecular weight excluding hydrogens is 1490 g/mol. The topological polar surface area (TPSA) is 436 Å². The van der Waals surface area contributed by atoms with Gasteiger partial charge in [0.2, 0.25) is 35.4 Å². The number of rotatable bonds is 53. The first-order valence-electron chi connectivity index (χ1n) is 38.6. The molecule has 7 N–H and O–H groups in total. The first kappa shape index (κ1) is 95.2. The molecule has 2 aliphatic rings. The van der Waals surface area contributed by atoms with Crippen LogP contribution in [0.3, 0.4) is 0 Å². The highest BCUT2D eigenvalue weighted by atomic mass is 16.7. The van der Waals surface area contributed by atoms with Gasteiger partial charge in [0.05, 0.1) is 53.2 Å². The molecule has 0 aliphatic carbocycles. The lowest BCUT2D eigenvalue weighted by Crippen LogP contribution is -2.66. The van der Waals surface area contributed by atoms with Gasteiger partial charge in [0.1, 0.15) is 54.6 Å². The number of esters is 6. The highest BCUT2D eigenvalue weighted by Crippen LogP contribution is 2.42. The zero-order chi connectivity index (χ0) is 83.4. The summed E-state index contributed by atoms with van der Waals surface area (Å²) in [5.41, 5.74) is 1.21. The summed E-state index contributed by atoms with van der Waals surface area (Å²) in [6.45, 7) is 9.16. The van der Waals surface area contributed by atoms with Gasteiger partial charge in [-0.05, 0) is 79.5 Å². The molecule has 2 saturated heterocycles. The van der Waals surface area contributed by atoms with E-state index in [4.69, 9.17) is 71.1 Å². The summed E-state index contributed by atoms with van der Waals surface area (Å²) in [5.74, 6) is -5.12. The van der Waals surface area contributed by atoms with E-state index in [1.165, 1.54) is 27.7 Å². The Hall–Kier alpha value is -9.42. The van der Waals surface area contributed by atoms with Gasteiger partial charge in [0.25, 0.3) is 0 Å². The lowest BCUT2D eigenvalue weighted by atomic mass is 9.80. The van der Waals surface area contributed by atoms with Crippen LogP contribution < -0.4 is 41.4 Å². The molecule has 34 nitrogen and oxygen atoms in total. The van der Waals surface area contributed by atoms with Crippen molar-refractivity contribution in [1.29, 1.82) is 0 Å². The predicted molar refractivity (Wildman–Crippen MR) is 406 cm³/mol. The fraction of sp³-hybridized carbons (Fsp3) is 0.625. The van der Waals surface area contributed by atoms with E-state index in [0.717, 1.165) is 44.4 Å². The maximum Gasteiger partial charge on any atom is 0.303 e. The molecule has 114 heavy (non-hydrogen) atoms. The van der Waals surface area contributed by atoms with Gasteiger partial charge in [0.15, 0.2) is 43.2 Å². The smallest absolute Gasteiger partial charge is 0.303 e. The number of ether oxygens (including phenoxy) is 15. The average Bonchev–Trinajstić information content (AvgIpc) is 0.760. The number of nitrogens with one attached hydrogen (secondary N) is 6. The van der Waals surface area contributed by atoms with E-state index < -0.39 is 127 Å². The van der Waals surface area contributed by atoms with Crippen molar-refractivity contribution in [2.24, 2.45) is 0 Å². The molecule has 12 atom stereocenters. The summed E-state index contributed by atoms with van der Waals surface area (Å²) in [4.78, 5) is 149. The highest BCUT2D eigenvalue weighted by Gasteiger charge is 2.53. The van der Waals surface area contributed by atoms with Crippen molar-refractivity contribution in [3.63, 3.8) is 0 Å². The van der Waals surface area contributed by atoms with E-state index in [9.17, 15) is 62.6 Å². The molecule has 3 aromatic rings.